The number of aliphatic hydroxyl groups is 2. The second-order valence-electron chi connectivity index (χ2n) is 2.20. The summed E-state index contributed by atoms with van der Waals surface area (Å²) in [6, 6.07) is 0. The van der Waals surface area contributed by atoms with Gasteiger partial charge in [-0.3, -0.25) is 0 Å². The van der Waals surface area contributed by atoms with Crippen LogP contribution in [0.5, 0.6) is 0 Å². The number of hydrogen-bond donors (Lipinski definition) is 2. The minimum atomic E-state index is -0.0197. The highest BCUT2D eigenvalue weighted by Gasteiger charge is 2.00. The molecule has 0 aromatic rings. The fourth-order valence-electron chi connectivity index (χ4n) is 0.616. The Hall–Kier alpha value is -0.160. The number of aliphatic hydroxyl groups excluding tert-OH is 2. The van der Waals surface area contributed by atoms with Gasteiger partial charge in [-0.2, -0.15) is 0 Å². The zero-order valence-corrected chi connectivity index (χ0v) is 6.82. The van der Waals surface area contributed by atoms with Crippen molar-refractivity contribution in [3.05, 3.63) is 0 Å². The van der Waals surface area contributed by atoms with Gasteiger partial charge in [0.15, 0.2) is 0 Å². The molecule has 4 heteroatoms. The average molecular weight is 309 g/mol. The lowest BCUT2D eigenvalue weighted by Gasteiger charge is -2.11. The highest BCUT2D eigenvalue weighted by atomic mass is 16.5. The third kappa shape index (κ3) is 64.7. The zero-order valence-electron chi connectivity index (χ0n) is 6.82. The molecule has 4 nitrogen and oxygen atoms in total. The van der Waals surface area contributed by atoms with E-state index in [4.69, 9.17) is 19.7 Å². The molecule has 0 rings (SSSR count). The molecule has 0 saturated heterocycles. The quantitative estimate of drug-likeness (QED) is 0.641. The van der Waals surface area contributed by atoms with Crippen molar-refractivity contribution in [3.63, 3.8) is 0 Å². The molecule has 0 radical (unpaired) electrons. The van der Waals surface area contributed by atoms with Crippen LogP contribution in [-0.4, -0.2) is 49.4 Å². The van der Waals surface area contributed by atoms with Gasteiger partial charge in [0.05, 0.1) is 39.1 Å². The molecule has 0 aliphatic rings. The van der Waals surface area contributed by atoms with E-state index in [1.165, 1.54) is 0 Å². The molecule has 0 saturated carbocycles. The third-order valence-corrected chi connectivity index (χ3v) is 1.08. The van der Waals surface area contributed by atoms with Gasteiger partial charge in [-0.15, -0.1) is 0 Å². The highest BCUT2D eigenvalue weighted by molar-refractivity contribution is 4.46. The van der Waals surface area contributed by atoms with Gasteiger partial charge >= 0.3 is 0 Å². The Morgan fingerprint density at radius 2 is 1.05 bits per heavy atom. The van der Waals surface area contributed by atoms with Crippen LogP contribution >= 0.6 is 0 Å². The van der Waals surface area contributed by atoms with Crippen molar-refractivity contribution in [2.45, 2.75) is 79.9 Å². The third-order valence-electron chi connectivity index (χ3n) is 1.08. The molecule has 0 spiro atoms. The second kappa shape index (κ2) is 61.9. The predicted octanol–water partition coefficient (Wildman–Crippen LogP) is 5.12. The van der Waals surface area contributed by atoms with Crippen LogP contribution in [0.2, 0.25) is 0 Å². The lowest BCUT2D eigenvalue weighted by Crippen LogP contribution is -2.18. The first kappa shape index (κ1) is 72.7. The lowest BCUT2D eigenvalue weighted by atomic mass is 10.4. The minimum absolute atomic E-state index is 0. The van der Waals surface area contributed by atoms with E-state index < -0.39 is 0 Å². The van der Waals surface area contributed by atoms with E-state index in [2.05, 4.69) is 0 Å². The fourth-order valence-corrected chi connectivity index (χ4v) is 0.616. The standard InChI is InChI=1S/C7H16O4.9CH4/c1-7(11-5-3-9)6-10-4-2-8;;;;;;;;;/h7-9H,2-6H2,1H3;9*1H4. The Morgan fingerprint density at radius 3 is 1.35 bits per heavy atom. The largest absolute Gasteiger partial charge is 0.394 e. The van der Waals surface area contributed by atoms with E-state index in [1.54, 1.807) is 0 Å². The Labute approximate surface area is 133 Å². The molecule has 20 heavy (non-hydrogen) atoms. The number of rotatable bonds is 7. The smallest absolute Gasteiger partial charge is 0.0781 e. The van der Waals surface area contributed by atoms with Crippen LogP contribution in [0.3, 0.4) is 0 Å². The molecule has 1 atom stereocenters. The number of hydrogen-bond acceptors (Lipinski definition) is 4. The van der Waals surface area contributed by atoms with Crippen molar-refractivity contribution >= 4 is 0 Å². The van der Waals surface area contributed by atoms with Gasteiger partial charge in [-0.25, -0.2) is 0 Å². The number of ether oxygens (including phenoxy) is 2. The van der Waals surface area contributed by atoms with Crippen molar-refractivity contribution in [2.24, 2.45) is 0 Å². The van der Waals surface area contributed by atoms with Crippen molar-refractivity contribution in [1.82, 2.24) is 0 Å². The summed E-state index contributed by atoms with van der Waals surface area (Å²) < 4.78 is 10.1. The van der Waals surface area contributed by atoms with Crippen LogP contribution < -0.4 is 0 Å². The zero-order chi connectivity index (χ0) is 8.53. The molecule has 2 N–H and O–H groups in total. The molecule has 0 aromatic carbocycles. The van der Waals surface area contributed by atoms with Gasteiger partial charge in [0.2, 0.25) is 0 Å². The topological polar surface area (TPSA) is 58.9 Å². The van der Waals surface area contributed by atoms with E-state index in [-0.39, 0.29) is 86.2 Å². The monoisotopic (exact) mass is 308 g/mol. The first-order chi connectivity index (χ1) is 5.31. The summed E-state index contributed by atoms with van der Waals surface area (Å²) >= 11 is 0. The lowest BCUT2D eigenvalue weighted by molar-refractivity contribution is -0.0246. The molecule has 1 unspecified atom stereocenters. The summed E-state index contributed by atoms with van der Waals surface area (Å²) in [5.74, 6) is 0. The van der Waals surface area contributed by atoms with Crippen molar-refractivity contribution < 1.29 is 19.7 Å². The maximum Gasteiger partial charge on any atom is 0.0781 e. The SMILES string of the molecule is C.C.C.C.C.C.C.C.C.CC(COCCO)OCCO. The molecule has 0 aliphatic heterocycles. The van der Waals surface area contributed by atoms with Crippen LogP contribution in [0.1, 0.15) is 73.8 Å². The molecular weight excluding hydrogens is 256 g/mol. The van der Waals surface area contributed by atoms with E-state index >= 15 is 0 Å². The molecule has 140 valence electrons. The summed E-state index contributed by atoms with van der Waals surface area (Å²) in [5, 5.41) is 16.7. The Balaban J connectivity index is -0.0000000139. The van der Waals surface area contributed by atoms with E-state index in [0.29, 0.717) is 19.8 Å². The Morgan fingerprint density at radius 1 is 0.700 bits per heavy atom. The summed E-state index contributed by atoms with van der Waals surface area (Å²) in [5.41, 5.74) is 0. The summed E-state index contributed by atoms with van der Waals surface area (Å²) in [4.78, 5) is 0. The first-order valence-corrected chi connectivity index (χ1v) is 3.72. The molecule has 0 aliphatic carbocycles. The second-order valence-corrected chi connectivity index (χ2v) is 2.20. The maximum absolute atomic E-state index is 8.38. The molecule has 0 fully saturated rings. The van der Waals surface area contributed by atoms with Gasteiger partial charge in [0, 0.05) is 0 Å². The highest BCUT2D eigenvalue weighted by Crippen LogP contribution is 1.90. The molecule has 0 amide bonds. The van der Waals surface area contributed by atoms with Crippen LogP contribution in [-0.2, 0) is 9.47 Å². The van der Waals surface area contributed by atoms with Gasteiger partial charge in [0.1, 0.15) is 0 Å². The summed E-state index contributed by atoms with van der Waals surface area (Å²) in [6.45, 7) is 3.06. The molecule has 0 heterocycles. The molecule has 0 bridgehead atoms. The summed E-state index contributed by atoms with van der Waals surface area (Å²) in [7, 11) is 0. The average Bonchev–Trinajstić information content (AvgIpc) is 2.01. The van der Waals surface area contributed by atoms with Gasteiger partial charge in [0.25, 0.3) is 0 Å². The fraction of sp³-hybridized carbons (Fsp3) is 1.00. The van der Waals surface area contributed by atoms with Crippen LogP contribution in [0.4, 0.5) is 0 Å². The van der Waals surface area contributed by atoms with Crippen molar-refractivity contribution in [3.8, 4) is 0 Å². The molecular formula is C16H52O4. The van der Waals surface area contributed by atoms with Gasteiger partial charge < -0.3 is 19.7 Å². The van der Waals surface area contributed by atoms with Crippen molar-refractivity contribution in [1.29, 1.82) is 0 Å². The maximum atomic E-state index is 8.38. The van der Waals surface area contributed by atoms with Crippen LogP contribution in [0.15, 0.2) is 0 Å². The molecule has 0 aromatic heterocycles. The van der Waals surface area contributed by atoms with Crippen LogP contribution in [0.25, 0.3) is 0 Å². The van der Waals surface area contributed by atoms with E-state index in [1.807, 2.05) is 6.92 Å². The minimum Gasteiger partial charge on any atom is -0.394 e. The van der Waals surface area contributed by atoms with Crippen LogP contribution in [0, 0.1) is 0 Å². The van der Waals surface area contributed by atoms with Crippen molar-refractivity contribution in [2.75, 3.05) is 33.0 Å². The van der Waals surface area contributed by atoms with E-state index in [0.717, 1.165) is 0 Å². The van der Waals surface area contributed by atoms with E-state index in [9.17, 15) is 0 Å². The normalized spacial score (nSPS) is 7.35. The van der Waals surface area contributed by atoms with Gasteiger partial charge in [-0.1, -0.05) is 66.8 Å². The van der Waals surface area contributed by atoms with Gasteiger partial charge in [-0.05, 0) is 6.92 Å². The Kier molecular flexibility index (Phi) is 225. The first-order valence-electron chi connectivity index (χ1n) is 3.72. The summed E-state index contributed by atoms with van der Waals surface area (Å²) in [6.07, 6.45) is -0.0197. The predicted molar refractivity (Wildman–Crippen MR) is 101 cm³/mol. The Bertz CT molecular complexity index is 80.9.